The van der Waals surface area contributed by atoms with Crippen LogP contribution < -0.4 is 15.6 Å². The first-order chi connectivity index (χ1) is 11.1. The topological polar surface area (TPSA) is 80.3 Å². The van der Waals surface area contributed by atoms with Crippen LogP contribution in [0.4, 0.5) is 0 Å². The molecule has 0 aliphatic rings. The molecule has 7 heteroatoms. The Balaban J connectivity index is 1.62. The minimum absolute atomic E-state index is 0.242. The highest BCUT2D eigenvalue weighted by Crippen LogP contribution is 2.16. The second-order valence-corrected chi connectivity index (χ2v) is 5.54. The number of nitrogens with one attached hydrogen (secondary N) is 2. The first-order valence-corrected chi connectivity index (χ1v) is 7.83. The quantitative estimate of drug-likeness (QED) is 0.598. The molecular formula is C16H16BrN3O3. The van der Waals surface area contributed by atoms with Gasteiger partial charge < -0.3 is 4.74 Å². The van der Waals surface area contributed by atoms with Gasteiger partial charge in [0.25, 0.3) is 5.91 Å². The fourth-order valence-corrected chi connectivity index (χ4v) is 1.97. The monoisotopic (exact) mass is 377 g/mol. The number of hydrogen-bond donors (Lipinski definition) is 2. The molecule has 120 valence electrons. The normalized spacial score (nSPS) is 9.96. The van der Waals surface area contributed by atoms with E-state index < -0.39 is 5.91 Å². The van der Waals surface area contributed by atoms with Gasteiger partial charge in [0.05, 0.1) is 6.61 Å². The van der Waals surface area contributed by atoms with E-state index in [9.17, 15) is 9.59 Å². The van der Waals surface area contributed by atoms with Crippen molar-refractivity contribution in [2.45, 2.75) is 12.8 Å². The zero-order valence-corrected chi connectivity index (χ0v) is 13.9. The van der Waals surface area contributed by atoms with Crippen LogP contribution in [0.1, 0.15) is 23.3 Å². The lowest BCUT2D eigenvalue weighted by Gasteiger charge is -2.08. The number of carbonyl (C=O) groups is 2. The number of hydrogen-bond acceptors (Lipinski definition) is 4. The molecule has 0 saturated carbocycles. The summed E-state index contributed by atoms with van der Waals surface area (Å²) in [6.07, 6.45) is 2.30. The number of pyridine rings is 1. The highest BCUT2D eigenvalue weighted by atomic mass is 79.9. The lowest BCUT2D eigenvalue weighted by atomic mass is 10.3. The van der Waals surface area contributed by atoms with Gasteiger partial charge in [-0.15, -0.1) is 0 Å². The average molecular weight is 378 g/mol. The SMILES string of the molecule is O=C(CCCOc1ccc(Br)cc1)NNC(=O)c1ccccn1. The minimum atomic E-state index is -0.454. The molecule has 23 heavy (non-hydrogen) atoms. The van der Waals surface area contributed by atoms with Gasteiger partial charge in [0.1, 0.15) is 11.4 Å². The molecule has 0 aliphatic carbocycles. The molecule has 1 aromatic heterocycles. The Bertz CT molecular complexity index is 647. The molecule has 1 heterocycles. The van der Waals surface area contributed by atoms with Crippen LogP contribution in [0.25, 0.3) is 0 Å². The van der Waals surface area contributed by atoms with E-state index >= 15 is 0 Å². The molecule has 1 aromatic carbocycles. The summed E-state index contributed by atoms with van der Waals surface area (Å²) < 4.78 is 6.49. The van der Waals surface area contributed by atoms with Crippen molar-refractivity contribution in [1.82, 2.24) is 15.8 Å². The Labute approximate surface area is 142 Å². The van der Waals surface area contributed by atoms with Crippen molar-refractivity contribution in [3.8, 4) is 5.75 Å². The van der Waals surface area contributed by atoms with Crippen molar-refractivity contribution in [3.05, 3.63) is 58.8 Å². The van der Waals surface area contributed by atoms with E-state index in [0.29, 0.717) is 13.0 Å². The number of halogens is 1. The summed E-state index contributed by atoms with van der Waals surface area (Å²) in [5, 5.41) is 0. The van der Waals surface area contributed by atoms with E-state index in [2.05, 4.69) is 31.8 Å². The van der Waals surface area contributed by atoms with Crippen LogP contribution in [0, 0.1) is 0 Å². The maximum absolute atomic E-state index is 11.7. The molecule has 0 saturated heterocycles. The molecule has 0 spiro atoms. The molecule has 2 rings (SSSR count). The van der Waals surface area contributed by atoms with Gasteiger partial charge in [0.2, 0.25) is 5.91 Å². The van der Waals surface area contributed by atoms with Crippen LogP contribution in [0.2, 0.25) is 0 Å². The van der Waals surface area contributed by atoms with Gasteiger partial charge in [-0.05, 0) is 42.8 Å². The van der Waals surface area contributed by atoms with Crippen molar-refractivity contribution in [2.75, 3.05) is 6.61 Å². The summed E-state index contributed by atoms with van der Waals surface area (Å²) in [6, 6.07) is 12.4. The Morgan fingerprint density at radius 2 is 1.87 bits per heavy atom. The number of ether oxygens (including phenoxy) is 1. The third-order valence-electron chi connectivity index (χ3n) is 2.84. The molecule has 0 aliphatic heterocycles. The number of aromatic nitrogens is 1. The van der Waals surface area contributed by atoms with E-state index in [1.165, 1.54) is 6.20 Å². The summed E-state index contributed by atoms with van der Waals surface area (Å²) >= 11 is 3.34. The van der Waals surface area contributed by atoms with Crippen LogP contribution >= 0.6 is 15.9 Å². The zero-order valence-electron chi connectivity index (χ0n) is 12.3. The van der Waals surface area contributed by atoms with Gasteiger partial charge in [-0.1, -0.05) is 22.0 Å². The fourth-order valence-electron chi connectivity index (χ4n) is 1.70. The summed E-state index contributed by atoms with van der Waals surface area (Å²) in [6.45, 7) is 0.420. The number of nitrogens with zero attached hydrogens (tertiary/aromatic N) is 1. The third kappa shape index (κ3) is 6.07. The van der Waals surface area contributed by atoms with Gasteiger partial charge in [-0.3, -0.25) is 25.4 Å². The van der Waals surface area contributed by atoms with Crippen LogP contribution in [0.15, 0.2) is 53.1 Å². The number of hydrazine groups is 1. The number of amides is 2. The van der Waals surface area contributed by atoms with E-state index in [0.717, 1.165) is 10.2 Å². The lowest BCUT2D eigenvalue weighted by Crippen LogP contribution is -2.41. The maximum Gasteiger partial charge on any atom is 0.288 e. The van der Waals surface area contributed by atoms with Crippen LogP contribution in [-0.4, -0.2) is 23.4 Å². The predicted octanol–water partition coefficient (Wildman–Crippen LogP) is 2.46. The van der Waals surface area contributed by atoms with Crippen LogP contribution in [0.5, 0.6) is 5.75 Å². The summed E-state index contributed by atoms with van der Waals surface area (Å²) in [4.78, 5) is 27.2. The minimum Gasteiger partial charge on any atom is -0.494 e. The van der Waals surface area contributed by atoms with Crippen molar-refractivity contribution >= 4 is 27.7 Å². The molecule has 2 amide bonds. The predicted molar refractivity (Wildman–Crippen MR) is 88.7 cm³/mol. The first kappa shape index (κ1) is 17.0. The molecule has 0 bridgehead atoms. The smallest absolute Gasteiger partial charge is 0.288 e. The lowest BCUT2D eigenvalue weighted by molar-refractivity contribution is -0.122. The first-order valence-electron chi connectivity index (χ1n) is 7.04. The van der Waals surface area contributed by atoms with Gasteiger partial charge in [-0.2, -0.15) is 0 Å². The van der Waals surface area contributed by atoms with E-state index in [1.807, 2.05) is 24.3 Å². The molecule has 0 radical (unpaired) electrons. The Morgan fingerprint density at radius 3 is 2.57 bits per heavy atom. The second-order valence-electron chi connectivity index (χ2n) is 4.62. The zero-order chi connectivity index (χ0) is 16.5. The van der Waals surface area contributed by atoms with Crippen molar-refractivity contribution in [3.63, 3.8) is 0 Å². The van der Waals surface area contributed by atoms with Crippen LogP contribution in [0.3, 0.4) is 0 Å². The molecule has 0 atom stereocenters. The Kier molecular flexibility index (Phi) is 6.56. The van der Waals surface area contributed by atoms with Gasteiger partial charge in [0.15, 0.2) is 0 Å². The van der Waals surface area contributed by atoms with Gasteiger partial charge in [0, 0.05) is 17.1 Å². The summed E-state index contributed by atoms with van der Waals surface area (Å²) in [5.74, 6) is 0.0100. The van der Waals surface area contributed by atoms with E-state index in [-0.39, 0.29) is 18.0 Å². The van der Waals surface area contributed by atoms with Gasteiger partial charge >= 0.3 is 0 Å². The Morgan fingerprint density at radius 1 is 1.09 bits per heavy atom. The van der Waals surface area contributed by atoms with Crippen molar-refractivity contribution < 1.29 is 14.3 Å². The molecule has 0 fully saturated rings. The summed E-state index contributed by atoms with van der Waals surface area (Å²) in [5.41, 5.74) is 4.91. The number of benzene rings is 1. The molecule has 6 nitrogen and oxygen atoms in total. The molecular weight excluding hydrogens is 362 g/mol. The number of carbonyl (C=O) groups excluding carboxylic acids is 2. The number of rotatable bonds is 6. The summed E-state index contributed by atoms with van der Waals surface area (Å²) in [7, 11) is 0. The maximum atomic E-state index is 11.7. The highest BCUT2D eigenvalue weighted by Gasteiger charge is 2.07. The second kappa shape index (κ2) is 8.89. The standard InChI is InChI=1S/C16H16BrN3O3/c17-12-6-8-13(9-7-12)23-11-3-5-15(21)19-20-16(22)14-4-1-2-10-18-14/h1-2,4,6-10H,3,5,11H2,(H,19,21)(H,20,22). The largest absolute Gasteiger partial charge is 0.494 e. The molecule has 2 aromatic rings. The van der Waals surface area contributed by atoms with E-state index in [1.54, 1.807) is 18.2 Å². The molecule has 0 unspecified atom stereocenters. The van der Waals surface area contributed by atoms with E-state index in [4.69, 9.17) is 4.74 Å². The fraction of sp³-hybridized carbons (Fsp3) is 0.188. The molecule has 2 N–H and O–H groups in total. The van der Waals surface area contributed by atoms with Crippen LogP contribution in [-0.2, 0) is 4.79 Å². The Hall–Kier alpha value is -2.41. The highest BCUT2D eigenvalue weighted by molar-refractivity contribution is 9.10. The van der Waals surface area contributed by atoms with Gasteiger partial charge in [-0.25, -0.2) is 0 Å². The third-order valence-corrected chi connectivity index (χ3v) is 3.37. The van der Waals surface area contributed by atoms with Crippen molar-refractivity contribution in [1.29, 1.82) is 0 Å². The average Bonchev–Trinajstić information content (AvgIpc) is 2.59. The van der Waals surface area contributed by atoms with Crippen molar-refractivity contribution in [2.24, 2.45) is 0 Å².